The fraction of sp³-hybridized carbons (Fsp3) is 0.174. The van der Waals surface area contributed by atoms with E-state index in [2.05, 4.69) is 0 Å². The van der Waals surface area contributed by atoms with Gasteiger partial charge in [-0.3, -0.25) is 25.0 Å². The van der Waals surface area contributed by atoms with E-state index in [1.807, 2.05) is 0 Å². The minimum atomic E-state index is -0.658. The van der Waals surface area contributed by atoms with Crippen molar-refractivity contribution in [2.45, 2.75) is 6.42 Å². The molecule has 0 atom stereocenters. The smallest absolute Gasteiger partial charge is 0.288 e. The number of nitro groups is 2. The van der Waals surface area contributed by atoms with Gasteiger partial charge >= 0.3 is 0 Å². The average molecular weight is 452 g/mol. The van der Waals surface area contributed by atoms with Gasteiger partial charge in [0.1, 0.15) is 5.56 Å². The zero-order chi connectivity index (χ0) is 24.1. The van der Waals surface area contributed by atoms with Crippen molar-refractivity contribution < 1.29 is 29.2 Å². The van der Waals surface area contributed by atoms with E-state index in [9.17, 15) is 30.1 Å². The molecule has 10 heteroatoms. The van der Waals surface area contributed by atoms with Gasteiger partial charge in [0.25, 0.3) is 11.4 Å². The maximum absolute atomic E-state index is 13.2. The summed E-state index contributed by atoms with van der Waals surface area (Å²) in [5.41, 5.74) is 0.291. The molecule has 0 radical (unpaired) electrons. The number of non-ortho nitro benzene ring substituents is 1. The number of methoxy groups -OCH3 is 2. The van der Waals surface area contributed by atoms with Crippen LogP contribution in [0, 0.1) is 20.2 Å². The molecule has 0 bridgehead atoms. The predicted molar refractivity (Wildman–Crippen MR) is 119 cm³/mol. The van der Waals surface area contributed by atoms with Crippen LogP contribution in [0.4, 0.5) is 11.4 Å². The molecule has 0 fully saturated rings. The normalized spacial score (nSPS) is 10.5. The topological polar surface area (TPSA) is 142 Å². The summed E-state index contributed by atoms with van der Waals surface area (Å²) in [4.78, 5) is 35.0. The van der Waals surface area contributed by atoms with E-state index in [-0.39, 0.29) is 35.4 Å². The summed E-state index contributed by atoms with van der Waals surface area (Å²) in [5, 5.41) is 32.6. The Hall–Kier alpha value is -4.31. The highest BCUT2D eigenvalue weighted by Crippen LogP contribution is 2.41. The number of ether oxygens (including phenoxy) is 2. The third-order valence-electron chi connectivity index (χ3n) is 5.09. The number of hydrogen-bond donors (Lipinski definition) is 1. The van der Waals surface area contributed by atoms with Gasteiger partial charge in [-0.15, -0.1) is 0 Å². The molecule has 0 aromatic heterocycles. The van der Waals surface area contributed by atoms with E-state index in [0.717, 1.165) is 12.1 Å². The predicted octanol–water partition coefficient (Wildman–Crippen LogP) is 3.95. The van der Waals surface area contributed by atoms with Crippen LogP contribution < -0.4 is 9.47 Å². The van der Waals surface area contributed by atoms with Gasteiger partial charge in [-0.25, -0.2) is 0 Å². The van der Waals surface area contributed by atoms with Gasteiger partial charge < -0.3 is 14.6 Å². The minimum Gasteiger partial charge on any atom is -0.493 e. The van der Waals surface area contributed by atoms with E-state index in [0.29, 0.717) is 22.6 Å². The third-order valence-corrected chi connectivity index (χ3v) is 5.09. The Kier molecular flexibility index (Phi) is 6.99. The van der Waals surface area contributed by atoms with Crippen LogP contribution in [0.1, 0.15) is 21.5 Å². The second-order valence-electron chi connectivity index (χ2n) is 6.93. The first-order valence-electron chi connectivity index (χ1n) is 9.75. The van der Waals surface area contributed by atoms with Crippen LogP contribution in [0.5, 0.6) is 11.5 Å². The largest absolute Gasteiger partial charge is 0.493 e. The number of benzene rings is 3. The molecule has 0 unspecified atom stereocenters. The van der Waals surface area contributed by atoms with Gasteiger partial charge in [0.15, 0.2) is 17.3 Å². The fourth-order valence-corrected chi connectivity index (χ4v) is 3.54. The van der Waals surface area contributed by atoms with Gasteiger partial charge in [0.2, 0.25) is 0 Å². The second-order valence-corrected chi connectivity index (χ2v) is 6.93. The highest BCUT2D eigenvalue weighted by Gasteiger charge is 2.29. The van der Waals surface area contributed by atoms with Crippen molar-refractivity contribution >= 4 is 17.2 Å². The quantitative estimate of drug-likeness (QED) is 0.292. The Morgan fingerprint density at radius 3 is 2.12 bits per heavy atom. The molecule has 0 saturated heterocycles. The molecule has 0 spiro atoms. The molecule has 0 aliphatic rings. The fourth-order valence-electron chi connectivity index (χ4n) is 3.54. The molecule has 10 nitrogen and oxygen atoms in total. The highest BCUT2D eigenvalue weighted by atomic mass is 16.6. The molecule has 0 saturated carbocycles. The number of aliphatic hydroxyl groups excluding tert-OH is 1. The number of nitrogens with zero attached hydrogens (tertiary/aromatic N) is 2. The summed E-state index contributed by atoms with van der Waals surface area (Å²) < 4.78 is 10.5. The highest BCUT2D eigenvalue weighted by molar-refractivity contribution is 6.13. The first-order chi connectivity index (χ1) is 15.8. The van der Waals surface area contributed by atoms with E-state index in [4.69, 9.17) is 9.47 Å². The number of aliphatic hydroxyl groups is 1. The summed E-state index contributed by atoms with van der Waals surface area (Å²) in [6.45, 7) is -0.257. The van der Waals surface area contributed by atoms with E-state index in [1.165, 1.54) is 32.4 Å². The van der Waals surface area contributed by atoms with Crippen LogP contribution in [-0.4, -0.2) is 41.6 Å². The summed E-state index contributed by atoms with van der Waals surface area (Å²) in [5.74, 6) is 0.103. The summed E-state index contributed by atoms with van der Waals surface area (Å²) >= 11 is 0. The lowest BCUT2D eigenvalue weighted by atomic mass is 9.90. The first kappa shape index (κ1) is 23.4. The standard InChI is InChI=1S/C23H20N2O8/c1-32-19-10-6-16(13-20(19)33-2)21-14(11-12-26)5-9-18(22(21)25(30)31)23(27)15-3-7-17(8-4-15)24(28)29/h3-10,13,26H,11-12H2,1-2H3. The van der Waals surface area contributed by atoms with Gasteiger partial charge in [0.05, 0.1) is 29.6 Å². The van der Waals surface area contributed by atoms with Crippen LogP contribution in [0.25, 0.3) is 11.1 Å². The van der Waals surface area contributed by atoms with E-state index in [1.54, 1.807) is 24.3 Å². The van der Waals surface area contributed by atoms with Crippen LogP contribution in [0.3, 0.4) is 0 Å². The van der Waals surface area contributed by atoms with Gasteiger partial charge in [-0.2, -0.15) is 0 Å². The van der Waals surface area contributed by atoms with Crippen molar-refractivity contribution in [1.29, 1.82) is 0 Å². The molecule has 3 rings (SSSR count). The SMILES string of the molecule is COc1ccc(-c2c(CCO)ccc(C(=O)c3ccc([N+](=O)[O-])cc3)c2[N+](=O)[O-])cc1OC. The van der Waals surface area contributed by atoms with Crippen LogP contribution in [0.2, 0.25) is 0 Å². The molecule has 170 valence electrons. The third kappa shape index (κ3) is 4.65. The zero-order valence-corrected chi connectivity index (χ0v) is 17.8. The van der Waals surface area contributed by atoms with Gasteiger partial charge in [0, 0.05) is 24.3 Å². The number of rotatable bonds is 9. The zero-order valence-electron chi connectivity index (χ0n) is 17.8. The van der Waals surface area contributed by atoms with Crippen molar-refractivity contribution in [3.05, 3.63) is 91.5 Å². The molecule has 1 N–H and O–H groups in total. The Morgan fingerprint density at radius 2 is 1.58 bits per heavy atom. The average Bonchev–Trinajstić information content (AvgIpc) is 2.83. The lowest BCUT2D eigenvalue weighted by molar-refractivity contribution is -0.384. The maximum Gasteiger partial charge on any atom is 0.288 e. The van der Waals surface area contributed by atoms with Crippen molar-refractivity contribution in [3.8, 4) is 22.6 Å². The number of ketones is 1. The number of carbonyl (C=O) groups excluding carboxylic acids is 1. The van der Waals surface area contributed by atoms with Crippen molar-refractivity contribution in [2.75, 3.05) is 20.8 Å². The van der Waals surface area contributed by atoms with Crippen LogP contribution in [-0.2, 0) is 6.42 Å². The molecule has 0 aliphatic carbocycles. The molecule has 0 aliphatic heterocycles. The Morgan fingerprint density at radius 1 is 0.909 bits per heavy atom. The minimum absolute atomic E-state index is 0.0665. The van der Waals surface area contributed by atoms with E-state index < -0.39 is 21.3 Å². The molecule has 0 amide bonds. The second kappa shape index (κ2) is 9.88. The van der Waals surface area contributed by atoms with Crippen LogP contribution >= 0.6 is 0 Å². The Bertz CT molecular complexity index is 1220. The molecular formula is C23H20N2O8. The van der Waals surface area contributed by atoms with Crippen molar-refractivity contribution in [3.63, 3.8) is 0 Å². The summed E-state index contributed by atoms with van der Waals surface area (Å²) in [6, 6.07) is 12.5. The lowest BCUT2D eigenvalue weighted by Gasteiger charge is -2.15. The Labute approximate surface area is 188 Å². The monoisotopic (exact) mass is 452 g/mol. The molecular weight excluding hydrogens is 432 g/mol. The van der Waals surface area contributed by atoms with Crippen molar-refractivity contribution in [2.24, 2.45) is 0 Å². The van der Waals surface area contributed by atoms with Crippen molar-refractivity contribution in [1.82, 2.24) is 0 Å². The number of carbonyl (C=O) groups is 1. The number of hydrogen-bond acceptors (Lipinski definition) is 8. The van der Waals surface area contributed by atoms with Crippen LogP contribution in [0.15, 0.2) is 54.6 Å². The summed E-state index contributed by atoms with van der Waals surface area (Å²) in [7, 11) is 2.89. The summed E-state index contributed by atoms with van der Waals surface area (Å²) in [6.07, 6.45) is 0.122. The van der Waals surface area contributed by atoms with E-state index >= 15 is 0 Å². The lowest BCUT2D eigenvalue weighted by Crippen LogP contribution is -2.09. The molecule has 3 aromatic carbocycles. The molecule has 0 heterocycles. The van der Waals surface area contributed by atoms with Gasteiger partial charge in [-0.05, 0) is 47.9 Å². The molecule has 3 aromatic rings. The Balaban J connectivity index is 2.24. The maximum atomic E-state index is 13.2. The number of nitro benzene ring substituents is 2. The first-order valence-corrected chi connectivity index (χ1v) is 9.75. The molecule has 33 heavy (non-hydrogen) atoms. The van der Waals surface area contributed by atoms with Gasteiger partial charge in [-0.1, -0.05) is 12.1 Å².